The number of benzene rings is 1. The second-order valence-corrected chi connectivity index (χ2v) is 4.04. The second-order valence-electron chi connectivity index (χ2n) is 3.12. The van der Waals surface area contributed by atoms with E-state index in [4.69, 9.17) is 0 Å². The number of halogens is 1. The smallest absolute Gasteiger partial charge is 0.125 e. The number of imidazole rings is 1. The van der Waals surface area contributed by atoms with Gasteiger partial charge in [0, 0.05) is 22.8 Å². The summed E-state index contributed by atoms with van der Waals surface area (Å²) in [7, 11) is 0. The Morgan fingerprint density at radius 1 is 1.47 bits per heavy atom. The Morgan fingerprint density at radius 2 is 2.33 bits per heavy atom. The number of aromatic nitrogens is 2. The van der Waals surface area contributed by atoms with Gasteiger partial charge in [-0.1, -0.05) is 22.0 Å². The van der Waals surface area contributed by atoms with Crippen molar-refractivity contribution in [2.24, 2.45) is 0 Å². The lowest BCUT2D eigenvalue weighted by atomic mass is 10.3. The highest BCUT2D eigenvalue weighted by Gasteiger charge is 2.00. The summed E-state index contributed by atoms with van der Waals surface area (Å²) in [6.45, 7) is 0. The fraction of sp³-hybridized carbons (Fsp3) is 0.0909. The van der Waals surface area contributed by atoms with Crippen LogP contribution in [0.1, 0.15) is 5.69 Å². The molecule has 0 N–H and O–H groups in total. The lowest BCUT2D eigenvalue weighted by molar-refractivity contribution is -0.107. The van der Waals surface area contributed by atoms with Crippen molar-refractivity contribution in [3.63, 3.8) is 0 Å². The summed E-state index contributed by atoms with van der Waals surface area (Å²) in [6, 6.07) is 7.90. The van der Waals surface area contributed by atoms with Gasteiger partial charge in [-0.2, -0.15) is 0 Å². The molecule has 3 nitrogen and oxygen atoms in total. The van der Waals surface area contributed by atoms with Crippen LogP contribution >= 0.6 is 15.9 Å². The first-order valence-electron chi connectivity index (χ1n) is 4.52. The first-order chi connectivity index (χ1) is 7.29. The van der Waals surface area contributed by atoms with Crippen LogP contribution in [0, 0.1) is 0 Å². The minimum absolute atomic E-state index is 0.362. The molecule has 0 amide bonds. The van der Waals surface area contributed by atoms with Gasteiger partial charge in [-0.05, 0) is 18.2 Å². The van der Waals surface area contributed by atoms with Crippen molar-refractivity contribution in [3.8, 4) is 5.69 Å². The van der Waals surface area contributed by atoms with Crippen molar-refractivity contribution in [2.45, 2.75) is 6.42 Å². The maximum absolute atomic E-state index is 10.3. The molecule has 1 aromatic carbocycles. The van der Waals surface area contributed by atoms with E-state index in [-0.39, 0.29) is 0 Å². The molecule has 76 valence electrons. The minimum Gasteiger partial charge on any atom is -0.306 e. The van der Waals surface area contributed by atoms with E-state index in [1.54, 1.807) is 6.33 Å². The van der Waals surface area contributed by atoms with Gasteiger partial charge < -0.3 is 9.36 Å². The number of rotatable bonds is 3. The normalized spacial score (nSPS) is 10.2. The summed E-state index contributed by atoms with van der Waals surface area (Å²) in [6.07, 6.45) is 4.78. The third-order valence-corrected chi connectivity index (χ3v) is 2.53. The van der Waals surface area contributed by atoms with Crippen LogP contribution in [0.3, 0.4) is 0 Å². The summed E-state index contributed by atoms with van der Waals surface area (Å²) < 4.78 is 2.91. The predicted molar refractivity (Wildman–Crippen MR) is 61.0 cm³/mol. The number of carbonyl (C=O) groups is 1. The number of hydrogen-bond donors (Lipinski definition) is 0. The molecule has 0 saturated carbocycles. The molecular weight excluding hydrogens is 256 g/mol. The summed E-state index contributed by atoms with van der Waals surface area (Å²) >= 11 is 3.41. The summed E-state index contributed by atoms with van der Waals surface area (Å²) in [5.74, 6) is 0. The minimum atomic E-state index is 0.362. The predicted octanol–water partition coefficient (Wildman–Crippen LogP) is 2.38. The molecular formula is C11H9BrN2O. The number of hydrogen-bond acceptors (Lipinski definition) is 2. The molecule has 0 aliphatic rings. The van der Waals surface area contributed by atoms with Gasteiger partial charge in [-0.25, -0.2) is 4.98 Å². The van der Waals surface area contributed by atoms with E-state index in [1.165, 1.54) is 0 Å². The second kappa shape index (κ2) is 4.40. The van der Waals surface area contributed by atoms with Gasteiger partial charge in [0.2, 0.25) is 0 Å². The van der Waals surface area contributed by atoms with Gasteiger partial charge in [0.25, 0.3) is 0 Å². The van der Waals surface area contributed by atoms with Gasteiger partial charge in [-0.3, -0.25) is 0 Å². The molecule has 4 heteroatoms. The van der Waals surface area contributed by atoms with Gasteiger partial charge >= 0.3 is 0 Å². The zero-order valence-corrected chi connectivity index (χ0v) is 9.52. The lowest BCUT2D eigenvalue weighted by Crippen LogP contribution is -1.89. The van der Waals surface area contributed by atoms with E-state index in [1.807, 2.05) is 35.0 Å². The average Bonchev–Trinajstić information content (AvgIpc) is 2.67. The number of nitrogens with zero attached hydrogens (tertiary/aromatic N) is 2. The van der Waals surface area contributed by atoms with Crippen molar-refractivity contribution in [1.82, 2.24) is 9.55 Å². The molecule has 1 heterocycles. The number of aldehydes is 1. The average molecular weight is 265 g/mol. The lowest BCUT2D eigenvalue weighted by Gasteiger charge is -2.01. The van der Waals surface area contributed by atoms with E-state index >= 15 is 0 Å². The molecule has 0 spiro atoms. The Kier molecular flexibility index (Phi) is 2.97. The monoisotopic (exact) mass is 264 g/mol. The first kappa shape index (κ1) is 10.1. The molecule has 0 saturated heterocycles. The van der Waals surface area contributed by atoms with Crippen LogP contribution in [-0.4, -0.2) is 15.8 Å². The molecule has 2 rings (SSSR count). The standard InChI is InChI=1S/C11H9BrN2O/c12-9-2-1-3-11(6-9)14-7-10(4-5-15)13-8-14/h1-3,5-8H,4H2. The summed E-state index contributed by atoms with van der Waals surface area (Å²) in [4.78, 5) is 14.4. The molecule has 0 atom stereocenters. The van der Waals surface area contributed by atoms with Crippen LogP contribution in [0.25, 0.3) is 5.69 Å². The largest absolute Gasteiger partial charge is 0.306 e. The van der Waals surface area contributed by atoms with Crippen LogP contribution < -0.4 is 0 Å². The maximum atomic E-state index is 10.3. The molecule has 2 aromatic rings. The van der Waals surface area contributed by atoms with Gasteiger partial charge in [0.15, 0.2) is 0 Å². The van der Waals surface area contributed by atoms with Gasteiger partial charge in [0.05, 0.1) is 12.0 Å². The van der Waals surface area contributed by atoms with Crippen molar-refractivity contribution in [3.05, 3.63) is 47.0 Å². The van der Waals surface area contributed by atoms with Crippen LogP contribution in [0.4, 0.5) is 0 Å². The Hall–Kier alpha value is -1.42. The first-order valence-corrected chi connectivity index (χ1v) is 5.31. The fourth-order valence-electron chi connectivity index (χ4n) is 1.33. The highest BCUT2D eigenvalue weighted by atomic mass is 79.9. The molecule has 0 radical (unpaired) electrons. The van der Waals surface area contributed by atoms with Crippen molar-refractivity contribution < 1.29 is 4.79 Å². The van der Waals surface area contributed by atoms with Crippen LogP contribution in [0.15, 0.2) is 41.3 Å². The third kappa shape index (κ3) is 2.33. The molecule has 0 fully saturated rings. The van der Waals surface area contributed by atoms with E-state index in [0.29, 0.717) is 6.42 Å². The zero-order valence-electron chi connectivity index (χ0n) is 7.93. The quantitative estimate of drug-likeness (QED) is 0.798. The Labute approximate surface area is 95.9 Å². The highest BCUT2D eigenvalue weighted by molar-refractivity contribution is 9.10. The third-order valence-electron chi connectivity index (χ3n) is 2.03. The van der Waals surface area contributed by atoms with Crippen LogP contribution in [0.5, 0.6) is 0 Å². The van der Waals surface area contributed by atoms with Gasteiger partial charge in [-0.15, -0.1) is 0 Å². The maximum Gasteiger partial charge on any atom is 0.125 e. The van der Waals surface area contributed by atoms with Crippen LogP contribution in [0.2, 0.25) is 0 Å². The molecule has 15 heavy (non-hydrogen) atoms. The fourth-order valence-corrected chi connectivity index (χ4v) is 1.72. The van der Waals surface area contributed by atoms with E-state index in [0.717, 1.165) is 22.1 Å². The van der Waals surface area contributed by atoms with Crippen molar-refractivity contribution in [1.29, 1.82) is 0 Å². The van der Waals surface area contributed by atoms with Crippen molar-refractivity contribution >= 4 is 22.2 Å². The van der Waals surface area contributed by atoms with E-state index < -0.39 is 0 Å². The van der Waals surface area contributed by atoms with Crippen molar-refractivity contribution in [2.75, 3.05) is 0 Å². The van der Waals surface area contributed by atoms with E-state index in [2.05, 4.69) is 20.9 Å². The molecule has 0 aliphatic heterocycles. The zero-order chi connectivity index (χ0) is 10.7. The SMILES string of the molecule is O=CCc1cn(-c2cccc(Br)c2)cn1. The topological polar surface area (TPSA) is 34.9 Å². The molecule has 0 aliphatic carbocycles. The molecule has 0 bridgehead atoms. The van der Waals surface area contributed by atoms with Gasteiger partial charge in [0.1, 0.15) is 6.29 Å². The highest BCUT2D eigenvalue weighted by Crippen LogP contribution is 2.15. The summed E-state index contributed by atoms with van der Waals surface area (Å²) in [5.41, 5.74) is 1.80. The van der Waals surface area contributed by atoms with Crippen LogP contribution in [-0.2, 0) is 11.2 Å². The molecule has 1 aromatic heterocycles. The Morgan fingerprint density at radius 3 is 3.07 bits per heavy atom. The summed E-state index contributed by atoms with van der Waals surface area (Å²) in [5, 5.41) is 0. The number of carbonyl (C=O) groups excluding carboxylic acids is 1. The Bertz CT molecular complexity index is 479. The van der Waals surface area contributed by atoms with E-state index in [9.17, 15) is 4.79 Å². The molecule has 0 unspecified atom stereocenters. The Balaban J connectivity index is 2.32.